The summed E-state index contributed by atoms with van der Waals surface area (Å²) in [7, 11) is 0. The van der Waals surface area contributed by atoms with Crippen LogP contribution < -0.4 is 5.73 Å². The predicted molar refractivity (Wildman–Crippen MR) is 76.7 cm³/mol. The number of likely N-dealkylation sites (tertiary alicyclic amines) is 1. The molecule has 0 spiro atoms. The molecule has 19 heavy (non-hydrogen) atoms. The first-order valence-corrected chi connectivity index (χ1v) is 8.20. The van der Waals surface area contributed by atoms with Crippen LogP contribution in [0.25, 0.3) is 0 Å². The Kier molecular flexibility index (Phi) is 5.10. The molecule has 0 aromatic carbocycles. The number of hydrogen-bond acceptors (Lipinski definition) is 4. The van der Waals surface area contributed by atoms with Crippen LogP contribution in [0, 0.1) is 0 Å². The van der Waals surface area contributed by atoms with E-state index >= 15 is 0 Å². The summed E-state index contributed by atoms with van der Waals surface area (Å²) < 4.78 is 0. The molecule has 2 unspecified atom stereocenters. The number of thioether (sulfide) groups is 1. The van der Waals surface area contributed by atoms with Gasteiger partial charge in [0, 0.05) is 31.3 Å². The lowest BCUT2D eigenvalue weighted by Crippen LogP contribution is -2.53. The van der Waals surface area contributed by atoms with Crippen molar-refractivity contribution in [3.05, 3.63) is 0 Å². The molecule has 0 aromatic heterocycles. The van der Waals surface area contributed by atoms with Crippen molar-refractivity contribution in [3.8, 4) is 0 Å². The quantitative estimate of drug-likeness (QED) is 0.826. The van der Waals surface area contributed by atoms with E-state index in [4.69, 9.17) is 5.73 Å². The molecule has 2 atom stereocenters. The second-order valence-corrected chi connectivity index (χ2v) is 6.32. The second kappa shape index (κ2) is 6.61. The zero-order valence-electron chi connectivity index (χ0n) is 11.5. The Balaban J connectivity index is 1.99. The number of nitrogens with two attached hydrogens (primary N) is 1. The third kappa shape index (κ3) is 3.42. The molecule has 0 aliphatic carbocycles. The van der Waals surface area contributed by atoms with Gasteiger partial charge in [0.05, 0.1) is 5.88 Å². The Morgan fingerprint density at radius 3 is 2.89 bits per heavy atom. The van der Waals surface area contributed by atoms with Gasteiger partial charge in [0.2, 0.25) is 11.8 Å². The summed E-state index contributed by atoms with van der Waals surface area (Å²) in [5.74, 6) is 1.56. The average Bonchev–Trinajstić information content (AvgIpc) is 2.87. The number of hydrogen-bond donors (Lipinski definition) is 1. The Labute approximate surface area is 118 Å². The topological polar surface area (TPSA) is 66.6 Å². The highest BCUT2D eigenvalue weighted by Crippen LogP contribution is 2.24. The Morgan fingerprint density at radius 1 is 1.42 bits per heavy atom. The first-order chi connectivity index (χ1) is 9.13. The number of nitrogens with zero attached hydrogens (tertiary/aromatic N) is 2. The highest BCUT2D eigenvalue weighted by Gasteiger charge is 2.37. The van der Waals surface area contributed by atoms with Gasteiger partial charge in [0.25, 0.3) is 0 Å². The minimum Gasteiger partial charge on any atom is -0.339 e. The summed E-state index contributed by atoms with van der Waals surface area (Å²) in [5, 5.41) is 0. The Morgan fingerprint density at radius 2 is 2.21 bits per heavy atom. The van der Waals surface area contributed by atoms with Crippen LogP contribution in [-0.2, 0) is 9.59 Å². The van der Waals surface area contributed by atoms with E-state index in [0.29, 0.717) is 18.8 Å². The van der Waals surface area contributed by atoms with E-state index < -0.39 is 0 Å². The lowest BCUT2D eigenvalue weighted by Gasteiger charge is -2.34. The summed E-state index contributed by atoms with van der Waals surface area (Å²) in [4.78, 5) is 28.1. The molecule has 2 saturated heterocycles. The van der Waals surface area contributed by atoms with Gasteiger partial charge in [-0.3, -0.25) is 9.59 Å². The van der Waals surface area contributed by atoms with E-state index in [2.05, 4.69) is 0 Å². The van der Waals surface area contributed by atoms with Crippen LogP contribution in [0.5, 0.6) is 0 Å². The Hall–Kier alpha value is -0.750. The molecule has 2 rings (SSSR count). The highest BCUT2D eigenvalue weighted by atomic mass is 32.2. The van der Waals surface area contributed by atoms with Crippen molar-refractivity contribution in [2.24, 2.45) is 5.73 Å². The average molecular weight is 285 g/mol. The van der Waals surface area contributed by atoms with E-state index in [1.165, 1.54) is 0 Å². The van der Waals surface area contributed by atoms with Crippen LogP contribution in [0.3, 0.4) is 0 Å². The van der Waals surface area contributed by atoms with E-state index in [1.807, 2.05) is 11.8 Å². The molecule has 2 N–H and O–H groups in total. The SMILES string of the molecule is CCCC(=O)N1CSCC1C(=O)N1CCCC(N)C1. The van der Waals surface area contributed by atoms with Crippen LogP contribution >= 0.6 is 11.8 Å². The van der Waals surface area contributed by atoms with Crippen molar-refractivity contribution in [2.75, 3.05) is 24.7 Å². The zero-order chi connectivity index (χ0) is 13.8. The molecule has 0 saturated carbocycles. The Bertz CT molecular complexity index is 351. The molecule has 5 nitrogen and oxygen atoms in total. The van der Waals surface area contributed by atoms with Gasteiger partial charge in [0.15, 0.2) is 0 Å². The van der Waals surface area contributed by atoms with Crippen molar-refractivity contribution >= 4 is 23.6 Å². The fourth-order valence-electron chi connectivity index (χ4n) is 2.67. The van der Waals surface area contributed by atoms with Gasteiger partial charge < -0.3 is 15.5 Å². The number of piperidine rings is 1. The van der Waals surface area contributed by atoms with Gasteiger partial charge in [-0.05, 0) is 19.3 Å². The second-order valence-electron chi connectivity index (χ2n) is 5.32. The molecule has 0 radical (unpaired) electrons. The molecule has 2 heterocycles. The summed E-state index contributed by atoms with van der Waals surface area (Å²) >= 11 is 1.66. The van der Waals surface area contributed by atoms with Gasteiger partial charge in [-0.1, -0.05) is 6.92 Å². The molecule has 2 amide bonds. The summed E-state index contributed by atoms with van der Waals surface area (Å²) in [5.41, 5.74) is 5.92. The van der Waals surface area contributed by atoms with Crippen LogP contribution in [0.2, 0.25) is 0 Å². The van der Waals surface area contributed by atoms with E-state index in [1.54, 1.807) is 16.7 Å². The summed E-state index contributed by atoms with van der Waals surface area (Å²) in [6.07, 6.45) is 3.32. The normalized spacial score (nSPS) is 27.7. The van der Waals surface area contributed by atoms with Gasteiger partial charge in [-0.2, -0.15) is 0 Å². The number of carbonyl (C=O) groups excluding carboxylic acids is 2. The van der Waals surface area contributed by atoms with E-state index in [-0.39, 0.29) is 23.9 Å². The molecule has 6 heteroatoms. The molecular formula is C13H23N3O2S. The molecule has 2 fully saturated rings. The van der Waals surface area contributed by atoms with Crippen LogP contribution in [0.15, 0.2) is 0 Å². The molecule has 0 bridgehead atoms. The van der Waals surface area contributed by atoms with Gasteiger partial charge in [0.1, 0.15) is 6.04 Å². The van der Waals surface area contributed by atoms with Gasteiger partial charge >= 0.3 is 0 Å². The lowest BCUT2D eigenvalue weighted by atomic mass is 10.1. The first-order valence-electron chi connectivity index (χ1n) is 7.05. The van der Waals surface area contributed by atoms with Gasteiger partial charge in [-0.25, -0.2) is 0 Å². The third-order valence-electron chi connectivity index (χ3n) is 3.72. The highest BCUT2D eigenvalue weighted by molar-refractivity contribution is 7.99. The van der Waals surface area contributed by atoms with Crippen LogP contribution in [0.1, 0.15) is 32.6 Å². The van der Waals surface area contributed by atoms with Gasteiger partial charge in [-0.15, -0.1) is 11.8 Å². The van der Waals surface area contributed by atoms with Crippen LogP contribution in [0.4, 0.5) is 0 Å². The number of rotatable bonds is 3. The fourth-order valence-corrected chi connectivity index (χ4v) is 3.84. The molecule has 2 aliphatic heterocycles. The molecule has 2 aliphatic rings. The zero-order valence-corrected chi connectivity index (χ0v) is 12.3. The van der Waals surface area contributed by atoms with Crippen molar-refractivity contribution in [3.63, 3.8) is 0 Å². The monoisotopic (exact) mass is 285 g/mol. The van der Waals surface area contributed by atoms with E-state index in [9.17, 15) is 9.59 Å². The third-order valence-corrected chi connectivity index (χ3v) is 4.73. The van der Waals surface area contributed by atoms with E-state index in [0.717, 1.165) is 31.6 Å². The van der Waals surface area contributed by atoms with Crippen molar-refractivity contribution < 1.29 is 9.59 Å². The van der Waals surface area contributed by atoms with Crippen molar-refractivity contribution in [2.45, 2.75) is 44.7 Å². The number of carbonyl (C=O) groups is 2. The minimum absolute atomic E-state index is 0.0876. The van der Waals surface area contributed by atoms with Crippen molar-refractivity contribution in [1.82, 2.24) is 9.80 Å². The largest absolute Gasteiger partial charge is 0.339 e. The minimum atomic E-state index is -0.269. The molecular weight excluding hydrogens is 262 g/mol. The number of amides is 2. The fraction of sp³-hybridized carbons (Fsp3) is 0.846. The smallest absolute Gasteiger partial charge is 0.246 e. The summed E-state index contributed by atoms with van der Waals surface area (Å²) in [6, 6.07) is -0.180. The van der Waals surface area contributed by atoms with Crippen molar-refractivity contribution in [1.29, 1.82) is 0 Å². The van der Waals surface area contributed by atoms with Crippen LogP contribution in [-0.4, -0.2) is 58.4 Å². The lowest BCUT2D eigenvalue weighted by molar-refractivity contribution is -0.144. The molecule has 0 aromatic rings. The maximum atomic E-state index is 12.5. The maximum Gasteiger partial charge on any atom is 0.246 e. The summed E-state index contributed by atoms with van der Waals surface area (Å²) in [6.45, 7) is 3.40. The standard InChI is InChI=1S/C13H23N3O2S/c1-2-4-12(17)16-9-19-8-11(16)13(18)15-6-3-5-10(14)7-15/h10-11H,2-9,14H2,1H3. The maximum absolute atomic E-state index is 12.5. The molecule has 108 valence electrons. The first kappa shape index (κ1) is 14.7. The predicted octanol–water partition coefficient (Wildman–Crippen LogP) is 0.638.